The van der Waals surface area contributed by atoms with Gasteiger partial charge >= 0.3 is 6.16 Å². The zero-order valence-electron chi connectivity index (χ0n) is 11.0. The topological polar surface area (TPSA) is 141 Å². The van der Waals surface area contributed by atoms with Crippen molar-refractivity contribution >= 4 is 17.8 Å². The summed E-state index contributed by atoms with van der Waals surface area (Å²) in [5.41, 5.74) is -0.831. The van der Waals surface area contributed by atoms with Crippen LogP contribution in [0.3, 0.4) is 0 Å². The normalized spacial score (nSPS) is 27.1. The maximum Gasteiger partial charge on any atom is 0.509 e. The predicted molar refractivity (Wildman–Crippen MR) is 61.0 cm³/mol. The molecule has 1 unspecified atom stereocenters. The first-order valence-corrected chi connectivity index (χ1v) is 6.38. The van der Waals surface area contributed by atoms with E-state index in [4.69, 9.17) is 37.2 Å². The van der Waals surface area contributed by atoms with Crippen LogP contribution in [0.5, 0.6) is 0 Å². The van der Waals surface area contributed by atoms with E-state index in [0.29, 0.717) is 0 Å². The van der Waals surface area contributed by atoms with Crippen molar-refractivity contribution in [3.63, 3.8) is 0 Å². The molecule has 0 heterocycles. The van der Waals surface area contributed by atoms with Crippen LogP contribution in [-0.4, -0.2) is 62.1 Å². The Labute approximate surface area is 124 Å². The monoisotopic (exact) mass is 332 g/mol. The zero-order chi connectivity index (χ0) is 16.0. The van der Waals surface area contributed by atoms with Crippen LogP contribution in [0.1, 0.15) is 19.8 Å². The van der Waals surface area contributed by atoms with Crippen molar-refractivity contribution in [1.29, 1.82) is 0 Å². The van der Waals surface area contributed by atoms with E-state index in [0.717, 1.165) is 0 Å². The molecule has 0 amide bonds. The summed E-state index contributed by atoms with van der Waals surface area (Å²) in [6.45, 7) is 1.39. The standard InChI is InChI=1S/C9H17ClN2O9/c1-5(10)19-9(13)18-4-6-2-7(20-11(14)15)8(3-6)21-12(16)17/h5-8,14-17H,2-4H2,1H3/t5?,6-,7-,8+. The summed E-state index contributed by atoms with van der Waals surface area (Å²) in [6.07, 6.45) is -2.31. The number of carbonyl (C=O) groups excluding carboxylic acids is 1. The number of ether oxygens (including phenoxy) is 2. The van der Waals surface area contributed by atoms with Crippen molar-refractivity contribution in [3.8, 4) is 0 Å². The maximum absolute atomic E-state index is 11.2. The molecule has 21 heavy (non-hydrogen) atoms. The highest BCUT2D eigenvalue weighted by atomic mass is 35.5. The Morgan fingerprint density at radius 1 is 1.19 bits per heavy atom. The second kappa shape index (κ2) is 8.63. The Bertz CT molecular complexity index is 312. The first-order chi connectivity index (χ1) is 9.77. The minimum Gasteiger partial charge on any atom is -0.434 e. The van der Waals surface area contributed by atoms with Crippen molar-refractivity contribution in [2.45, 2.75) is 37.5 Å². The molecule has 0 saturated heterocycles. The number of hydrogen-bond acceptors (Lipinski definition) is 11. The lowest BCUT2D eigenvalue weighted by Gasteiger charge is -2.20. The van der Waals surface area contributed by atoms with Gasteiger partial charge in [0.05, 0.1) is 17.4 Å². The van der Waals surface area contributed by atoms with Crippen LogP contribution in [0.4, 0.5) is 4.79 Å². The van der Waals surface area contributed by atoms with Gasteiger partial charge in [-0.25, -0.2) is 14.5 Å². The SMILES string of the molecule is CC(Cl)OC(=O)OC[C@H]1C[C@H](ON(O)O)[C@H](ON(O)O)C1. The van der Waals surface area contributed by atoms with Gasteiger partial charge in [-0.15, -0.1) is 0 Å². The molecule has 1 rings (SSSR count). The van der Waals surface area contributed by atoms with Gasteiger partial charge in [0.15, 0.2) is 5.56 Å². The number of halogens is 1. The van der Waals surface area contributed by atoms with E-state index in [1.54, 1.807) is 0 Å². The molecule has 0 aromatic rings. The molecule has 0 aromatic carbocycles. The molecule has 0 aromatic heterocycles. The molecule has 1 saturated carbocycles. The summed E-state index contributed by atoms with van der Waals surface area (Å²) in [5.74, 6) is -0.280. The molecule has 12 heteroatoms. The summed E-state index contributed by atoms with van der Waals surface area (Å²) in [4.78, 5) is 20.4. The second-order valence-corrected chi connectivity index (χ2v) is 4.97. The Hall–Kier alpha value is -0.760. The fourth-order valence-electron chi connectivity index (χ4n) is 2.01. The Morgan fingerprint density at radius 2 is 1.67 bits per heavy atom. The minimum absolute atomic E-state index is 0.0596. The Balaban J connectivity index is 2.44. The van der Waals surface area contributed by atoms with Gasteiger partial charge in [0.25, 0.3) is 0 Å². The molecule has 1 aliphatic carbocycles. The lowest BCUT2D eigenvalue weighted by atomic mass is 10.1. The Kier molecular flexibility index (Phi) is 7.51. The second-order valence-electron chi connectivity index (χ2n) is 4.35. The van der Waals surface area contributed by atoms with Gasteiger partial charge in [-0.2, -0.15) is 0 Å². The van der Waals surface area contributed by atoms with Crippen molar-refractivity contribution in [2.24, 2.45) is 5.92 Å². The van der Waals surface area contributed by atoms with Crippen LogP contribution >= 0.6 is 11.6 Å². The lowest BCUT2D eigenvalue weighted by Crippen LogP contribution is -2.35. The van der Waals surface area contributed by atoms with Crippen molar-refractivity contribution in [2.75, 3.05) is 6.61 Å². The minimum atomic E-state index is -0.948. The van der Waals surface area contributed by atoms with Crippen LogP contribution in [0, 0.1) is 5.92 Å². The zero-order valence-corrected chi connectivity index (χ0v) is 11.8. The quantitative estimate of drug-likeness (QED) is 0.300. The summed E-state index contributed by atoms with van der Waals surface area (Å²) in [6, 6.07) is 0. The van der Waals surface area contributed by atoms with E-state index >= 15 is 0 Å². The van der Waals surface area contributed by atoms with E-state index in [-0.39, 0.29) is 25.4 Å². The smallest absolute Gasteiger partial charge is 0.434 e. The fraction of sp³-hybridized carbons (Fsp3) is 0.889. The molecular formula is C9H17ClN2O9. The molecule has 1 aliphatic rings. The average molecular weight is 333 g/mol. The summed E-state index contributed by atoms with van der Waals surface area (Å²) < 4.78 is 9.37. The average Bonchev–Trinajstić information content (AvgIpc) is 2.66. The van der Waals surface area contributed by atoms with Gasteiger partial charge in [-0.1, -0.05) is 11.6 Å². The summed E-state index contributed by atoms with van der Waals surface area (Å²) in [5, 5.41) is 33.5. The van der Waals surface area contributed by atoms with Crippen LogP contribution in [0.15, 0.2) is 0 Å². The highest BCUT2D eigenvalue weighted by Gasteiger charge is 2.39. The Morgan fingerprint density at radius 3 is 2.05 bits per heavy atom. The molecule has 0 radical (unpaired) electrons. The van der Waals surface area contributed by atoms with Crippen LogP contribution in [0.25, 0.3) is 0 Å². The molecule has 4 atom stereocenters. The van der Waals surface area contributed by atoms with Crippen LogP contribution in [-0.2, 0) is 19.1 Å². The fourth-order valence-corrected chi connectivity index (χ4v) is 2.08. The first-order valence-electron chi connectivity index (χ1n) is 5.94. The first kappa shape index (κ1) is 18.3. The predicted octanol–water partition coefficient (Wildman–Crippen LogP) is 0.896. The third-order valence-corrected chi connectivity index (χ3v) is 2.79. The maximum atomic E-state index is 11.2. The third kappa shape index (κ3) is 7.17. The lowest BCUT2D eigenvalue weighted by molar-refractivity contribution is -0.535. The van der Waals surface area contributed by atoms with Crippen molar-refractivity contribution < 1.29 is 44.8 Å². The molecule has 0 spiro atoms. The number of alkyl halides is 1. The molecule has 0 aliphatic heterocycles. The highest BCUT2D eigenvalue weighted by Crippen LogP contribution is 2.31. The van der Waals surface area contributed by atoms with Crippen molar-refractivity contribution in [1.82, 2.24) is 10.8 Å². The summed E-state index contributed by atoms with van der Waals surface area (Å²) >= 11 is 5.44. The number of rotatable bonds is 7. The number of carbonyl (C=O) groups is 1. The molecule has 4 N–H and O–H groups in total. The van der Waals surface area contributed by atoms with Gasteiger partial charge in [0, 0.05) is 0 Å². The third-order valence-electron chi connectivity index (χ3n) is 2.70. The molecule has 0 bridgehead atoms. The van der Waals surface area contributed by atoms with Gasteiger partial charge in [-0.3, -0.25) is 20.8 Å². The number of nitrogens with zero attached hydrogens (tertiary/aromatic N) is 2. The van der Waals surface area contributed by atoms with Crippen LogP contribution < -0.4 is 0 Å². The van der Waals surface area contributed by atoms with E-state index in [9.17, 15) is 4.79 Å². The van der Waals surface area contributed by atoms with E-state index in [1.165, 1.54) is 6.92 Å². The van der Waals surface area contributed by atoms with Gasteiger partial charge in [-0.05, 0) is 25.7 Å². The molecule has 11 nitrogen and oxygen atoms in total. The van der Waals surface area contributed by atoms with Gasteiger partial charge in [0.2, 0.25) is 0 Å². The molecular weight excluding hydrogens is 316 g/mol. The van der Waals surface area contributed by atoms with Crippen LogP contribution in [0.2, 0.25) is 0 Å². The largest absolute Gasteiger partial charge is 0.509 e. The molecule has 1 fully saturated rings. The van der Waals surface area contributed by atoms with E-state index in [1.807, 2.05) is 0 Å². The van der Waals surface area contributed by atoms with Gasteiger partial charge < -0.3 is 9.47 Å². The van der Waals surface area contributed by atoms with Crippen molar-refractivity contribution in [3.05, 3.63) is 0 Å². The van der Waals surface area contributed by atoms with E-state index in [2.05, 4.69) is 14.4 Å². The molecule has 124 valence electrons. The highest BCUT2D eigenvalue weighted by molar-refractivity contribution is 6.19. The van der Waals surface area contributed by atoms with E-state index < -0.39 is 34.7 Å². The van der Waals surface area contributed by atoms with Gasteiger partial charge in [0.1, 0.15) is 12.2 Å². The summed E-state index contributed by atoms with van der Waals surface area (Å²) in [7, 11) is 0. The number of hydrogen-bond donors (Lipinski definition) is 4.